The summed E-state index contributed by atoms with van der Waals surface area (Å²) in [7, 11) is 1.58. The van der Waals surface area contributed by atoms with E-state index in [1.54, 1.807) is 31.0 Å². The molecule has 0 atom stereocenters. The normalized spacial score (nSPS) is 10.9. The Balaban J connectivity index is 1.64. The Kier molecular flexibility index (Phi) is 7.73. The number of benzene rings is 3. The maximum atomic E-state index is 13.3. The lowest BCUT2D eigenvalue weighted by molar-refractivity contribution is -0.139. The average Bonchev–Trinajstić information content (AvgIpc) is 2.76. The van der Waals surface area contributed by atoms with Crippen LogP contribution in [-0.2, 0) is 10.5 Å². The third kappa shape index (κ3) is 6.62. The van der Waals surface area contributed by atoms with E-state index in [4.69, 9.17) is 14.6 Å². The zero-order valence-electron chi connectivity index (χ0n) is 17.3. The van der Waals surface area contributed by atoms with E-state index < -0.39 is 12.6 Å². The van der Waals surface area contributed by atoms with Crippen molar-refractivity contribution in [3.05, 3.63) is 88.7 Å². The van der Waals surface area contributed by atoms with E-state index in [1.807, 2.05) is 43.3 Å². The number of aliphatic carboxylic acids is 1. The summed E-state index contributed by atoms with van der Waals surface area (Å²) < 4.78 is 24.0. The highest BCUT2D eigenvalue weighted by Crippen LogP contribution is 2.37. The molecule has 0 spiro atoms. The van der Waals surface area contributed by atoms with E-state index in [0.29, 0.717) is 11.5 Å². The lowest BCUT2D eigenvalue weighted by Gasteiger charge is -2.13. The average molecular weight is 439 g/mol. The van der Waals surface area contributed by atoms with Gasteiger partial charge in [-0.15, -0.1) is 11.8 Å². The highest BCUT2D eigenvalue weighted by molar-refractivity contribution is 7.98. The Morgan fingerprint density at radius 2 is 1.77 bits per heavy atom. The molecule has 0 aliphatic rings. The molecule has 0 radical (unpaired) electrons. The van der Waals surface area contributed by atoms with Gasteiger partial charge in [0.05, 0.1) is 12.0 Å². The fourth-order valence-electron chi connectivity index (χ4n) is 2.90. The molecule has 0 amide bonds. The molecule has 0 fully saturated rings. The monoisotopic (exact) mass is 438 g/mol. The van der Waals surface area contributed by atoms with Crippen molar-refractivity contribution < 1.29 is 23.8 Å². The smallest absolute Gasteiger partial charge is 0.341 e. The summed E-state index contributed by atoms with van der Waals surface area (Å²) in [4.78, 5) is 11.7. The topological polar surface area (TPSA) is 55.8 Å². The first-order chi connectivity index (χ1) is 14.9. The van der Waals surface area contributed by atoms with Gasteiger partial charge in [0.2, 0.25) is 0 Å². The molecule has 0 aliphatic carbocycles. The number of halogens is 1. The zero-order chi connectivity index (χ0) is 22.2. The van der Waals surface area contributed by atoms with E-state index >= 15 is 0 Å². The van der Waals surface area contributed by atoms with Crippen LogP contribution < -0.4 is 9.47 Å². The molecule has 4 nitrogen and oxygen atoms in total. The number of thioether (sulfide) groups is 1. The van der Waals surface area contributed by atoms with Crippen LogP contribution in [0.4, 0.5) is 4.39 Å². The predicted molar refractivity (Wildman–Crippen MR) is 122 cm³/mol. The van der Waals surface area contributed by atoms with Gasteiger partial charge in [0.1, 0.15) is 17.3 Å². The van der Waals surface area contributed by atoms with Crippen molar-refractivity contribution in [2.75, 3.05) is 13.7 Å². The Morgan fingerprint density at radius 1 is 1.03 bits per heavy atom. The number of carboxylic acids is 1. The van der Waals surface area contributed by atoms with Crippen molar-refractivity contribution in [1.29, 1.82) is 0 Å². The van der Waals surface area contributed by atoms with Crippen LogP contribution in [0.25, 0.3) is 12.2 Å². The number of methoxy groups -OCH3 is 1. The number of ether oxygens (including phenoxy) is 2. The van der Waals surface area contributed by atoms with Gasteiger partial charge in [-0.1, -0.05) is 48.6 Å². The SMILES string of the molecule is COc1cc(OCC(=O)O)c(C)cc1SCc1ccc(C=Cc2cccc(F)c2)cc1. The highest BCUT2D eigenvalue weighted by Gasteiger charge is 2.11. The summed E-state index contributed by atoms with van der Waals surface area (Å²) in [5.41, 5.74) is 3.85. The minimum atomic E-state index is -1.02. The number of aryl methyl sites for hydroxylation is 1. The number of carbonyl (C=O) groups is 1. The summed E-state index contributed by atoms with van der Waals surface area (Å²) in [5, 5.41) is 8.80. The first kappa shape index (κ1) is 22.4. The minimum Gasteiger partial charge on any atom is -0.495 e. The fourth-order valence-corrected chi connectivity index (χ4v) is 3.96. The van der Waals surface area contributed by atoms with Gasteiger partial charge in [-0.3, -0.25) is 0 Å². The second kappa shape index (κ2) is 10.7. The molecule has 3 aromatic carbocycles. The van der Waals surface area contributed by atoms with Crippen LogP contribution in [0.5, 0.6) is 11.5 Å². The Hall–Kier alpha value is -3.25. The van der Waals surface area contributed by atoms with Crippen molar-refractivity contribution in [2.24, 2.45) is 0 Å². The van der Waals surface area contributed by atoms with Gasteiger partial charge in [0.15, 0.2) is 6.61 Å². The summed E-state index contributed by atoms with van der Waals surface area (Å²) in [6, 6.07) is 18.3. The number of rotatable bonds is 9. The summed E-state index contributed by atoms with van der Waals surface area (Å²) >= 11 is 1.63. The second-order valence-corrected chi connectivity index (χ2v) is 7.89. The number of hydrogen-bond donors (Lipinski definition) is 1. The van der Waals surface area contributed by atoms with E-state index in [0.717, 1.165) is 32.9 Å². The molecule has 0 unspecified atom stereocenters. The summed E-state index contributed by atoms with van der Waals surface area (Å²) in [6.07, 6.45) is 3.84. The third-order valence-electron chi connectivity index (χ3n) is 4.50. The molecule has 0 bridgehead atoms. The molecule has 0 aliphatic heterocycles. The van der Waals surface area contributed by atoms with E-state index in [2.05, 4.69) is 12.1 Å². The molecule has 0 heterocycles. The lowest BCUT2D eigenvalue weighted by Crippen LogP contribution is -2.10. The van der Waals surface area contributed by atoms with Gasteiger partial charge in [-0.2, -0.15) is 0 Å². The van der Waals surface area contributed by atoms with Gasteiger partial charge >= 0.3 is 5.97 Å². The van der Waals surface area contributed by atoms with Crippen LogP contribution in [0.1, 0.15) is 22.3 Å². The molecule has 0 saturated heterocycles. The standard InChI is InChI=1S/C25H23FO4S/c1-17-12-24(23(29-2)14-22(17)30-15-25(27)28)31-16-20-10-7-18(8-11-20)6-9-19-4-3-5-21(26)13-19/h3-14H,15-16H2,1-2H3,(H,27,28). The van der Waals surface area contributed by atoms with Crippen molar-refractivity contribution in [2.45, 2.75) is 17.6 Å². The Morgan fingerprint density at radius 3 is 2.45 bits per heavy atom. The zero-order valence-corrected chi connectivity index (χ0v) is 18.1. The molecule has 3 aromatic rings. The number of carboxylic acid groups (broad SMARTS) is 1. The lowest BCUT2D eigenvalue weighted by atomic mass is 10.1. The maximum Gasteiger partial charge on any atom is 0.341 e. The van der Waals surface area contributed by atoms with Crippen LogP contribution in [0.3, 0.4) is 0 Å². The second-order valence-electron chi connectivity index (χ2n) is 6.87. The van der Waals surface area contributed by atoms with Crippen LogP contribution in [-0.4, -0.2) is 24.8 Å². The molecule has 3 rings (SSSR count). The van der Waals surface area contributed by atoms with Gasteiger partial charge in [0.25, 0.3) is 0 Å². The van der Waals surface area contributed by atoms with Crippen LogP contribution in [0, 0.1) is 12.7 Å². The molecule has 160 valence electrons. The molecule has 0 saturated carbocycles. The Labute approximate surface area is 185 Å². The van der Waals surface area contributed by atoms with Crippen LogP contribution in [0.2, 0.25) is 0 Å². The van der Waals surface area contributed by atoms with Crippen molar-refractivity contribution in [1.82, 2.24) is 0 Å². The minimum absolute atomic E-state index is 0.248. The van der Waals surface area contributed by atoms with Crippen LogP contribution in [0.15, 0.2) is 65.6 Å². The number of hydrogen-bond acceptors (Lipinski definition) is 4. The maximum absolute atomic E-state index is 13.3. The fraction of sp³-hybridized carbons (Fsp3) is 0.160. The largest absolute Gasteiger partial charge is 0.495 e. The predicted octanol–water partition coefficient (Wildman–Crippen LogP) is 6.07. The van der Waals surface area contributed by atoms with E-state index in [1.165, 1.54) is 12.1 Å². The molecular weight excluding hydrogens is 415 g/mol. The van der Waals surface area contributed by atoms with Gasteiger partial charge in [-0.05, 0) is 47.4 Å². The van der Waals surface area contributed by atoms with Gasteiger partial charge in [-0.25, -0.2) is 9.18 Å². The van der Waals surface area contributed by atoms with Crippen molar-refractivity contribution in [3.63, 3.8) is 0 Å². The molecule has 0 aromatic heterocycles. The first-order valence-electron chi connectivity index (χ1n) is 9.63. The Bertz CT molecular complexity index is 1080. The highest BCUT2D eigenvalue weighted by atomic mass is 32.2. The van der Waals surface area contributed by atoms with Crippen molar-refractivity contribution >= 4 is 29.9 Å². The summed E-state index contributed by atoms with van der Waals surface area (Å²) in [6.45, 7) is 1.48. The molecule has 6 heteroatoms. The molecule has 31 heavy (non-hydrogen) atoms. The quantitative estimate of drug-likeness (QED) is 0.325. The van der Waals surface area contributed by atoms with Crippen molar-refractivity contribution in [3.8, 4) is 11.5 Å². The van der Waals surface area contributed by atoms with Gasteiger partial charge < -0.3 is 14.6 Å². The van der Waals surface area contributed by atoms with Gasteiger partial charge in [0, 0.05) is 11.8 Å². The van der Waals surface area contributed by atoms with Crippen LogP contribution >= 0.6 is 11.8 Å². The van der Waals surface area contributed by atoms with E-state index in [9.17, 15) is 9.18 Å². The molecule has 1 N–H and O–H groups in total. The van der Waals surface area contributed by atoms with E-state index in [-0.39, 0.29) is 5.82 Å². The third-order valence-corrected chi connectivity index (χ3v) is 5.61. The summed E-state index contributed by atoms with van der Waals surface area (Å²) in [5.74, 6) is 0.621. The first-order valence-corrected chi connectivity index (χ1v) is 10.6. The molecular formula is C25H23FO4S.